The molecule has 0 radical (unpaired) electrons. The molecule has 2 saturated heterocycles. The molecule has 1 aromatic carbocycles. The maximum absolute atomic E-state index is 6.54. The summed E-state index contributed by atoms with van der Waals surface area (Å²) in [6.07, 6.45) is 5.42. The fourth-order valence-electron chi connectivity index (χ4n) is 3.89. The summed E-state index contributed by atoms with van der Waals surface area (Å²) in [6.45, 7) is 3.47. The summed E-state index contributed by atoms with van der Waals surface area (Å²) in [4.78, 5) is 3.96. The van der Waals surface area contributed by atoms with Crippen LogP contribution in [0.15, 0.2) is 24.3 Å². The van der Waals surface area contributed by atoms with Crippen molar-refractivity contribution in [3.63, 3.8) is 0 Å². The van der Waals surface area contributed by atoms with E-state index in [2.05, 4.69) is 34.5 Å². The SMILES string of the molecule is Clc1c(CNC2CCN3CCCCC23)sc2ccccc12. The first-order valence-electron chi connectivity index (χ1n) is 7.96. The summed E-state index contributed by atoms with van der Waals surface area (Å²) in [6, 6.07) is 9.83. The molecule has 2 atom stereocenters. The van der Waals surface area contributed by atoms with Gasteiger partial charge in [0.15, 0.2) is 0 Å². The molecule has 2 unspecified atom stereocenters. The van der Waals surface area contributed by atoms with Crippen molar-refractivity contribution in [2.45, 2.75) is 44.3 Å². The summed E-state index contributed by atoms with van der Waals surface area (Å²) in [5, 5.41) is 5.93. The second-order valence-electron chi connectivity index (χ2n) is 6.21. The van der Waals surface area contributed by atoms with E-state index < -0.39 is 0 Å². The van der Waals surface area contributed by atoms with Crippen LogP contribution in [0.25, 0.3) is 10.1 Å². The van der Waals surface area contributed by atoms with Crippen LogP contribution in [0.1, 0.15) is 30.6 Å². The number of halogens is 1. The quantitative estimate of drug-likeness (QED) is 0.908. The molecule has 21 heavy (non-hydrogen) atoms. The van der Waals surface area contributed by atoms with E-state index in [9.17, 15) is 0 Å². The van der Waals surface area contributed by atoms with Gasteiger partial charge in [-0.05, 0) is 31.9 Å². The summed E-state index contributed by atoms with van der Waals surface area (Å²) in [5.74, 6) is 0. The Hall–Kier alpha value is -0.610. The predicted octanol–water partition coefficient (Wildman–Crippen LogP) is 4.27. The highest BCUT2D eigenvalue weighted by molar-refractivity contribution is 7.19. The minimum Gasteiger partial charge on any atom is -0.307 e. The Morgan fingerprint density at radius 3 is 3.00 bits per heavy atom. The highest BCUT2D eigenvalue weighted by Gasteiger charge is 2.35. The van der Waals surface area contributed by atoms with Gasteiger partial charge in [-0.1, -0.05) is 36.2 Å². The maximum atomic E-state index is 6.54. The molecular weight excluding hydrogens is 300 g/mol. The van der Waals surface area contributed by atoms with Crippen molar-refractivity contribution in [1.29, 1.82) is 0 Å². The Bertz CT molecular complexity index is 639. The Balaban J connectivity index is 1.47. The molecule has 2 aliphatic heterocycles. The van der Waals surface area contributed by atoms with Crippen LogP contribution in [0, 0.1) is 0 Å². The third kappa shape index (κ3) is 2.61. The first-order chi connectivity index (χ1) is 10.3. The van der Waals surface area contributed by atoms with E-state index in [1.807, 2.05) is 11.3 Å². The van der Waals surface area contributed by atoms with Crippen LogP contribution in [0.5, 0.6) is 0 Å². The molecule has 2 fully saturated rings. The summed E-state index contributed by atoms with van der Waals surface area (Å²) in [7, 11) is 0. The molecule has 2 aromatic rings. The van der Waals surface area contributed by atoms with E-state index in [1.165, 1.54) is 53.7 Å². The van der Waals surface area contributed by atoms with Crippen molar-refractivity contribution < 1.29 is 0 Å². The van der Waals surface area contributed by atoms with Crippen molar-refractivity contribution in [3.05, 3.63) is 34.2 Å². The van der Waals surface area contributed by atoms with E-state index in [4.69, 9.17) is 11.6 Å². The molecule has 2 aliphatic rings. The van der Waals surface area contributed by atoms with Gasteiger partial charge in [-0.3, -0.25) is 4.90 Å². The zero-order valence-corrected chi connectivity index (χ0v) is 13.7. The van der Waals surface area contributed by atoms with Crippen molar-refractivity contribution >= 4 is 33.0 Å². The molecule has 0 amide bonds. The van der Waals surface area contributed by atoms with E-state index in [0.29, 0.717) is 6.04 Å². The third-order valence-corrected chi connectivity index (χ3v) is 6.70. The number of nitrogens with zero attached hydrogens (tertiary/aromatic N) is 1. The largest absolute Gasteiger partial charge is 0.307 e. The highest BCUT2D eigenvalue weighted by Crippen LogP contribution is 2.35. The molecule has 2 nitrogen and oxygen atoms in total. The van der Waals surface area contributed by atoms with Crippen LogP contribution < -0.4 is 5.32 Å². The Labute approximate surface area is 135 Å². The molecular formula is C17H21ClN2S. The van der Waals surface area contributed by atoms with Crippen molar-refractivity contribution in [2.75, 3.05) is 13.1 Å². The zero-order chi connectivity index (χ0) is 14.2. The number of rotatable bonds is 3. The van der Waals surface area contributed by atoms with Gasteiger partial charge in [0.1, 0.15) is 0 Å². The lowest BCUT2D eigenvalue weighted by molar-refractivity contribution is 0.180. The predicted molar refractivity (Wildman–Crippen MR) is 91.3 cm³/mol. The standard InChI is InChI=1S/C17H21ClN2S/c18-17-12-5-1-2-7-15(12)21-16(17)11-19-13-8-10-20-9-4-3-6-14(13)20/h1-2,5,7,13-14,19H,3-4,6,8-11H2. The number of nitrogens with one attached hydrogen (secondary N) is 1. The van der Waals surface area contributed by atoms with E-state index >= 15 is 0 Å². The number of hydrogen-bond acceptors (Lipinski definition) is 3. The molecule has 0 aliphatic carbocycles. The number of fused-ring (bicyclic) bond motifs is 2. The molecule has 0 spiro atoms. The topological polar surface area (TPSA) is 15.3 Å². The minimum absolute atomic E-state index is 0.645. The number of benzene rings is 1. The van der Waals surface area contributed by atoms with Gasteiger partial charge < -0.3 is 5.32 Å². The highest BCUT2D eigenvalue weighted by atomic mass is 35.5. The van der Waals surface area contributed by atoms with E-state index in [-0.39, 0.29) is 0 Å². The van der Waals surface area contributed by atoms with Gasteiger partial charge in [-0.15, -0.1) is 11.3 Å². The van der Waals surface area contributed by atoms with Crippen LogP contribution in [0.3, 0.4) is 0 Å². The third-order valence-electron chi connectivity index (χ3n) is 4.98. The van der Waals surface area contributed by atoms with Crippen LogP contribution in [0.2, 0.25) is 5.02 Å². The van der Waals surface area contributed by atoms with Crippen molar-refractivity contribution in [1.82, 2.24) is 10.2 Å². The monoisotopic (exact) mass is 320 g/mol. The summed E-state index contributed by atoms with van der Waals surface area (Å²) >= 11 is 8.37. The van der Waals surface area contributed by atoms with Crippen molar-refractivity contribution in [2.24, 2.45) is 0 Å². The van der Waals surface area contributed by atoms with Gasteiger partial charge in [0, 0.05) is 40.1 Å². The minimum atomic E-state index is 0.645. The summed E-state index contributed by atoms with van der Waals surface area (Å²) in [5.41, 5.74) is 0. The number of piperidine rings is 1. The van der Waals surface area contributed by atoms with Crippen LogP contribution in [-0.2, 0) is 6.54 Å². The van der Waals surface area contributed by atoms with Crippen molar-refractivity contribution in [3.8, 4) is 0 Å². The van der Waals surface area contributed by atoms with Crippen LogP contribution in [0.4, 0.5) is 0 Å². The first-order valence-corrected chi connectivity index (χ1v) is 9.16. The molecule has 112 valence electrons. The van der Waals surface area contributed by atoms with Gasteiger partial charge in [0.2, 0.25) is 0 Å². The molecule has 0 saturated carbocycles. The number of hydrogen-bond donors (Lipinski definition) is 1. The molecule has 4 rings (SSSR count). The average molecular weight is 321 g/mol. The normalized spacial score (nSPS) is 26.3. The molecule has 3 heterocycles. The van der Waals surface area contributed by atoms with Gasteiger partial charge in [-0.25, -0.2) is 0 Å². The molecule has 1 N–H and O–H groups in total. The Kier molecular flexibility index (Phi) is 3.92. The van der Waals surface area contributed by atoms with Gasteiger partial charge in [0.25, 0.3) is 0 Å². The van der Waals surface area contributed by atoms with E-state index in [0.717, 1.165) is 17.6 Å². The second kappa shape index (κ2) is 5.88. The van der Waals surface area contributed by atoms with Crippen LogP contribution in [-0.4, -0.2) is 30.1 Å². The van der Waals surface area contributed by atoms with Crippen LogP contribution >= 0.6 is 22.9 Å². The average Bonchev–Trinajstić information content (AvgIpc) is 3.07. The molecule has 4 heteroatoms. The van der Waals surface area contributed by atoms with Gasteiger partial charge in [-0.2, -0.15) is 0 Å². The maximum Gasteiger partial charge on any atom is 0.0636 e. The van der Waals surface area contributed by atoms with Gasteiger partial charge >= 0.3 is 0 Å². The Morgan fingerprint density at radius 1 is 1.19 bits per heavy atom. The summed E-state index contributed by atoms with van der Waals surface area (Å²) < 4.78 is 1.30. The van der Waals surface area contributed by atoms with E-state index in [1.54, 1.807) is 0 Å². The zero-order valence-electron chi connectivity index (χ0n) is 12.1. The lowest BCUT2D eigenvalue weighted by Gasteiger charge is -2.32. The lowest BCUT2D eigenvalue weighted by Crippen LogP contribution is -2.44. The number of thiophene rings is 1. The second-order valence-corrected chi connectivity index (χ2v) is 7.73. The molecule has 1 aromatic heterocycles. The van der Waals surface area contributed by atoms with Gasteiger partial charge in [0.05, 0.1) is 5.02 Å². The lowest BCUT2D eigenvalue weighted by atomic mass is 9.99. The smallest absolute Gasteiger partial charge is 0.0636 e. The molecule has 0 bridgehead atoms. The fourth-order valence-corrected chi connectivity index (χ4v) is 5.34. The fraction of sp³-hybridized carbons (Fsp3) is 0.529. The first kappa shape index (κ1) is 14.0. The Morgan fingerprint density at radius 2 is 2.10 bits per heavy atom.